The Bertz CT molecular complexity index is 16.0. The molecule has 0 amide bonds. The second-order valence-electron chi connectivity index (χ2n) is 0. The molecule has 0 aliphatic heterocycles. The summed E-state index contributed by atoms with van der Waals surface area (Å²) in [5, 5.41) is 0. The summed E-state index contributed by atoms with van der Waals surface area (Å²) in [5.41, 5.74) is 0. The second kappa shape index (κ2) is 15.8. The maximum Gasteiger partial charge on any atom is 2.00 e. The average molecular weight is 117 g/mol. The molecule has 0 atom stereocenters. The third kappa shape index (κ3) is 9.35. The first kappa shape index (κ1) is 24.6. The van der Waals surface area contributed by atoms with E-state index >= 15 is 0 Å². The molecule has 0 aliphatic carbocycles. The van der Waals surface area contributed by atoms with Gasteiger partial charge in [0.05, 0.1) is 0 Å². The zero-order valence-corrected chi connectivity index (χ0v) is 10.6. The van der Waals surface area contributed by atoms with Crippen molar-refractivity contribution in [3.63, 3.8) is 0 Å². The SMILES string of the molecule is [B].[Ca+2].[H-].[H-].[H-].[H-].[K+].[Na+]. The van der Waals surface area contributed by atoms with E-state index < -0.39 is 0 Å². The molecule has 4 heavy (non-hydrogen) atoms. The van der Waals surface area contributed by atoms with E-state index in [1.54, 1.807) is 0 Å². The Hall–Kier alpha value is 3.96. The quantitative estimate of drug-likeness (QED) is 0.277. The number of hydrogen-bond acceptors (Lipinski definition) is 0. The summed E-state index contributed by atoms with van der Waals surface area (Å²) in [7, 11) is 0. The van der Waals surface area contributed by atoms with Crippen LogP contribution in [0.3, 0.4) is 0 Å². The summed E-state index contributed by atoms with van der Waals surface area (Å²) >= 11 is 0. The monoisotopic (exact) mass is 117 g/mol. The summed E-state index contributed by atoms with van der Waals surface area (Å²) < 4.78 is 0. The van der Waals surface area contributed by atoms with E-state index in [9.17, 15) is 0 Å². The van der Waals surface area contributed by atoms with Crippen LogP contribution in [0.4, 0.5) is 0 Å². The first-order valence-corrected chi connectivity index (χ1v) is 0. The third-order valence-corrected chi connectivity index (χ3v) is 0. The van der Waals surface area contributed by atoms with Gasteiger partial charge in [-0.1, -0.05) is 0 Å². The molecular weight excluding hydrogens is 113 g/mol. The average Bonchev–Trinajstić information content (AvgIpc) is 0. The molecule has 0 aromatic carbocycles. The van der Waals surface area contributed by atoms with Crippen LogP contribution in [0, 0.1) is 0 Å². The predicted molar refractivity (Wildman–Crippen MR) is 16.0 cm³/mol. The molecule has 0 aliphatic rings. The molecule has 0 aromatic rings. The molecule has 3 radical (unpaired) electrons. The van der Waals surface area contributed by atoms with E-state index in [-0.39, 0.29) is 133 Å². The van der Waals surface area contributed by atoms with Crippen molar-refractivity contribution in [2.45, 2.75) is 0 Å². The van der Waals surface area contributed by atoms with Gasteiger partial charge >= 0.3 is 119 Å². The largest absolute Gasteiger partial charge is 2.00 e. The van der Waals surface area contributed by atoms with E-state index in [2.05, 4.69) is 0 Å². The summed E-state index contributed by atoms with van der Waals surface area (Å²) in [4.78, 5) is 0. The van der Waals surface area contributed by atoms with Crippen molar-refractivity contribution in [2.75, 3.05) is 0 Å². The zero-order chi connectivity index (χ0) is 0. The summed E-state index contributed by atoms with van der Waals surface area (Å²) in [6, 6.07) is 0. The van der Waals surface area contributed by atoms with E-state index in [1.807, 2.05) is 0 Å². The van der Waals surface area contributed by atoms with Crippen LogP contribution >= 0.6 is 0 Å². The first-order valence-electron chi connectivity index (χ1n) is 0. The van der Waals surface area contributed by atoms with Gasteiger partial charge in [0.2, 0.25) is 0 Å². The van der Waals surface area contributed by atoms with Gasteiger partial charge in [-0.05, 0) is 0 Å². The second-order valence-corrected chi connectivity index (χ2v) is 0. The Morgan fingerprint density at radius 1 is 1.25 bits per heavy atom. The van der Waals surface area contributed by atoms with Crippen LogP contribution in [0.5, 0.6) is 0 Å². The minimum atomic E-state index is 0. The van der Waals surface area contributed by atoms with Crippen molar-refractivity contribution in [3.05, 3.63) is 0 Å². The first-order chi connectivity index (χ1) is 0. The molecule has 0 N–H and O–H groups in total. The molecule has 0 bridgehead atoms. The van der Waals surface area contributed by atoms with Gasteiger partial charge in [-0.15, -0.1) is 0 Å². The Balaban J connectivity index is 0. The minimum Gasteiger partial charge on any atom is -1.00 e. The van der Waals surface area contributed by atoms with E-state index in [0.29, 0.717) is 0 Å². The standard InChI is InChI=1S/B.Ca.K.Na.4H/q;+2;2*+1;4*-1. The third-order valence-electron chi connectivity index (χ3n) is 0. The molecule has 4 heteroatoms. The Labute approximate surface area is 129 Å². The molecule has 0 aromatic heterocycles. The maximum absolute atomic E-state index is 0. The normalized spacial score (nSPS) is 0. The minimum absolute atomic E-state index is 0. The van der Waals surface area contributed by atoms with Gasteiger partial charge in [-0.2, -0.15) is 0 Å². The van der Waals surface area contributed by atoms with Gasteiger partial charge in [0.15, 0.2) is 0 Å². The zero-order valence-electron chi connectivity index (χ0n) is 7.28. The summed E-state index contributed by atoms with van der Waals surface area (Å²) in [6.45, 7) is 0. The molecule has 0 heterocycles. The van der Waals surface area contributed by atoms with Gasteiger partial charge in [0.25, 0.3) is 0 Å². The molecule has 0 fully saturated rings. The van der Waals surface area contributed by atoms with Crippen LogP contribution in [0.1, 0.15) is 5.71 Å². The van der Waals surface area contributed by atoms with Gasteiger partial charge in [0, 0.05) is 8.41 Å². The molecule has 0 saturated heterocycles. The fraction of sp³-hybridized carbons (Fsp3) is 0. The smallest absolute Gasteiger partial charge is 1.00 e. The van der Waals surface area contributed by atoms with Gasteiger partial charge in [0.1, 0.15) is 0 Å². The van der Waals surface area contributed by atoms with Crippen LogP contribution in [0.2, 0.25) is 0 Å². The number of rotatable bonds is 0. The van der Waals surface area contributed by atoms with E-state index in [0.717, 1.165) is 0 Å². The van der Waals surface area contributed by atoms with Crippen LogP contribution in [-0.2, 0) is 0 Å². The number of hydrogen-bond donors (Lipinski definition) is 0. The molecule has 0 spiro atoms. The van der Waals surface area contributed by atoms with Crippen LogP contribution in [0.25, 0.3) is 0 Å². The van der Waals surface area contributed by atoms with Crippen molar-refractivity contribution in [1.29, 1.82) is 0 Å². The summed E-state index contributed by atoms with van der Waals surface area (Å²) in [6.07, 6.45) is 0. The molecule has 0 rings (SSSR count). The molecule has 0 nitrogen and oxygen atoms in total. The Kier molecular flexibility index (Phi) is 96.9. The van der Waals surface area contributed by atoms with Crippen molar-refractivity contribution in [1.82, 2.24) is 0 Å². The topological polar surface area (TPSA) is 0 Å². The molecule has 0 saturated carbocycles. The van der Waals surface area contributed by atoms with E-state index in [4.69, 9.17) is 0 Å². The van der Waals surface area contributed by atoms with Crippen molar-refractivity contribution >= 4 is 46.2 Å². The Morgan fingerprint density at radius 3 is 1.25 bits per heavy atom. The van der Waals surface area contributed by atoms with Gasteiger partial charge in [-0.25, -0.2) is 0 Å². The molecular formula is H4BCaKNa. The Morgan fingerprint density at radius 2 is 1.25 bits per heavy atom. The fourth-order valence-electron chi connectivity index (χ4n) is 0. The summed E-state index contributed by atoms with van der Waals surface area (Å²) in [5.74, 6) is 0. The van der Waals surface area contributed by atoms with Crippen molar-refractivity contribution in [2.24, 2.45) is 0 Å². The van der Waals surface area contributed by atoms with Crippen LogP contribution in [-0.4, -0.2) is 46.2 Å². The van der Waals surface area contributed by atoms with Crippen LogP contribution < -0.4 is 80.9 Å². The van der Waals surface area contributed by atoms with Crippen LogP contribution in [0.15, 0.2) is 0 Å². The van der Waals surface area contributed by atoms with Crippen molar-refractivity contribution < 1.29 is 86.6 Å². The molecule has 11 valence electrons. The molecule has 0 unspecified atom stereocenters. The van der Waals surface area contributed by atoms with Gasteiger partial charge in [-0.3, -0.25) is 0 Å². The van der Waals surface area contributed by atoms with Crippen molar-refractivity contribution in [3.8, 4) is 0 Å². The maximum atomic E-state index is 0. The van der Waals surface area contributed by atoms with E-state index in [1.165, 1.54) is 0 Å². The van der Waals surface area contributed by atoms with Gasteiger partial charge < -0.3 is 5.71 Å². The fourth-order valence-corrected chi connectivity index (χ4v) is 0. The predicted octanol–water partition coefficient (Wildman–Crippen LogP) is -6.30.